The summed E-state index contributed by atoms with van der Waals surface area (Å²) < 4.78 is 32.2. The molecule has 0 aromatic carbocycles. The zero-order valence-corrected chi connectivity index (χ0v) is 11.4. The van der Waals surface area contributed by atoms with Crippen LogP contribution in [0.1, 0.15) is 39.5 Å². The van der Waals surface area contributed by atoms with Crippen molar-refractivity contribution in [3.8, 4) is 0 Å². The van der Waals surface area contributed by atoms with Gasteiger partial charge < -0.3 is 10.1 Å². The Kier molecular flexibility index (Phi) is 4.34. The average Bonchev–Trinajstić information content (AvgIpc) is 2.42. The number of hydrogen-bond donors (Lipinski definition) is 1. The van der Waals surface area contributed by atoms with Gasteiger partial charge in [0.05, 0.1) is 11.8 Å². The molecule has 1 fully saturated rings. The Morgan fingerprint density at radius 2 is 2.16 bits per heavy atom. The molecule has 0 radical (unpaired) electrons. The molecular formula is C14H20F2N2O. The standard InChI is InChI=1S/C14H20F2N2O/c1-3-14(4-2)8-11(5-6-19-14)18-13-12(16)7-10(15)9-17-13/h7,9,11H,3-6,8H2,1-2H3,(H,17,18). The van der Waals surface area contributed by atoms with Crippen molar-refractivity contribution in [2.24, 2.45) is 0 Å². The van der Waals surface area contributed by atoms with Crippen molar-refractivity contribution < 1.29 is 13.5 Å². The first-order valence-electron chi connectivity index (χ1n) is 6.80. The van der Waals surface area contributed by atoms with E-state index in [1.807, 2.05) is 0 Å². The van der Waals surface area contributed by atoms with Gasteiger partial charge in [-0.1, -0.05) is 13.8 Å². The van der Waals surface area contributed by atoms with Crippen molar-refractivity contribution in [2.45, 2.75) is 51.2 Å². The lowest BCUT2D eigenvalue weighted by Gasteiger charge is -2.40. The van der Waals surface area contributed by atoms with Gasteiger partial charge in [0.2, 0.25) is 0 Å². The molecule has 5 heteroatoms. The highest BCUT2D eigenvalue weighted by Crippen LogP contribution is 2.32. The minimum Gasteiger partial charge on any atom is -0.375 e. The van der Waals surface area contributed by atoms with Crippen molar-refractivity contribution in [2.75, 3.05) is 11.9 Å². The van der Waals surface area contributed by atoms with Gasteiger partial charge in [-0.2, -0.15) is 0 Å². The number of aromatic nitrogens is 1. The maximum absolute atomic E-state index is 13.6. The van der Waals surface area contributed by atoms with Crippen molar-refractivity contribution in [1.82, 2.24) is 4.98 Å². The van der Waals surface area contributed by atoms with Crippen molar-refractivity contribution >= 4 is 5.82 Å². The van der Waals surface area contributed by atoms with E-state index in [0.29, 0.717) is 6.61 Å². The molecule has 1 aliphatic heterocycles. The van der Waals surface area contributed by atoms with Gasteiger partial charge in [-0.15, -0.1) is 0 Å². The molecule has 0 aliphatic carbocycles. The van der Waals surface area contributed by atoms with Crippen LogP contribution in [-0.4, -0.2) is 23.2 Å². The van der Waals surface area contributed by atoms with Crippen molar-refractivity contribution in [1.29, 1.82) is 0 Å². The van der Waals surface area contributed by atoms with Crippen molar-refractivity contribution in [3.05, 3.63) is 23.9 Å². The maximum Gasteiger partial charge on any atom is 0.168 e. The summed E-state index contributed by atoms with van der Waals surface area (Å²) in [5, 5.41) is 3.07. The molecule has 0 bridgehead atoms. The van der Waals surface area contributed by atoms with Crippen LogP contribution >= 0.6 is 0 Å². The van der Waals surface area contributed by atoms with Gasteiger partial charge in [0.1, 0.15) is 5.82 Å². The summed E-state index contributed by atoms with van der Waals surface area (Å²) in [6.45, 7) is 4.85. The zero-order valence-electron chi connectivity index (χ0n) is 11.4. The highest BCUT2D eigenvalue weighted by molar-refractivity contribution is 5.37. The van der Waals surface area contributed by atoms with Gasteiger partial charge in [0, 0.05) is 18.7 Å². The fourth-order valence-corrected chi connectivity index (χ4v) is 2.61. The second-order valence-electron chi connectivity index (χ2n) is 5.06. The van der Waals surface area contributed by atoms with E-state index >= 15 is 0 Å². The minimum absolute atomic E-state index is 0.112. The van der Waals surface area contributed by atoms with Gasteiger partial charge in [-0.3, -0.25) is 0 Å². The summed E-state index contributed by atoms with van der Waals surface area (Å²) in [6, 6.07) is 0.961. The fourth-order valence-electron chi connectivity index (χ4n) is 2.61. The molecule has 2 heterocycles. The molecule has 1 saturated heterocycles. The summed E-state index contributed by atoms with van der Waals surface area (Å²) in [7, 11) is 0. The number of nitrogens with zero attached hydrogens (tertiary/aromatic N) is 1. The van der Waals surface area contributed by atoms with Crippen LogP contribution in [0.4, 0.5) is 14.6 Å². The molecule has 0 saturated carbocycles. The van der Waals surface area contributed by atoms with E-state index in [-0.39, 0.29) is 17.5 Å². The Labute approximate surface area is 112 Å². The quantitative estimate of drug-likeness (QED) is 0.909. The van der Waals surface area contributed by atoms with Crippen LogP contribution in [0.2, 0.25) is 0 Å². The Hall–Kier alpha value is -1.23. The van der Waals surface area contributed by atoms with Gasteiger partial charge in [0.15, 0.2) is 11.6 Å². The van der Waals surface area contributed by atoms with Crippen LogP contribution in [-0.2, 0) is 4.74 Å². The molecule has 1 atom stereocenters. The molecule has 19 heavy (non-hydrogen) atoms. The number of halogens is 2. The van der Waals surface area contributed by atoms with Gasteiger partial charge >= 0.3 is 0 Å². The van der Waals surface area contributed by atoms with E-state index in [1.165, 1.54) is 0 Å². The molecular weight excluding hydrogens is 250 g/mol. The van der Waals surface area contributed by atoms with Gasteiger partial charge in [-0.25, -0.2) is 13.8 Å². The van der Waals surface area contributed by atoms with E-state index < -0.39 is 11.6 Å². The third-order valence-corrected chi connectivity index (χ3v) is 3.93. The van der Waals surface area contributed by atoms with Gasteiger partial charge in [0.25, 0.3) is 0 Å². The molecule has 1 aliphatic rings. The normalized spacial score (nSPS) is 22.2. The molecule has 1 N–H and O–H groups in total. The van der Waals surface area contributed by atoms with Crippen molar-refractivity contribution in [3.63, 3.8) is 0 Å². The molecule has 2 rings (SSSR count). The predicted octanol–water partition coefficient (Wildman–Crippen LogP) is 3.51. The second kappa shape index (κ2) is 5.82. The number of anilines is 1. The Morgan fingerprint density at radius 1 is 1.42 bits per heavy atom. The lowest BCUT2D eigenvalue weighted by Crippen LogP contribution is -2.43. The van der Waals surface area contributed by atoms with E-state index in [2.05, 4.69) is 24.1 Å². The summed E-state index contributed by atoms with van der Waals surface area (Å²) in [5.41, 5.74) is -0.133. The molecule has 0 spiro atoms. The van der Waals surface area contributed by atoms with E-state index in [0.717, 1.165) is 37.9 Å². The Morgan fingerprint density at radius 3 is 2.79 bits per heavy atom. The van der Waals surface area contributed by atoms with Crippen LogP contribution < -0.4 is 5.32 Å². The lowest BCUT2D eigenvalue weighted by molar-refractivity contribution is -0.0865. The van der Waals surface area contributed by atoms with Crippen LogP contribution in [0, 0.1) is 11.6 Å². The van der Waals surface area contributed by atoms with E-state index in [4.69, 9.17) is 4.74 Å². The highest BCUT2D eigenvalue weighted by Gasteiger charge is 2.34. The van der Waals surface area contributed by atoms with Crippen LogP contribution in [0.5, 0.6) is 0 Å². The fraction of sp³-hybridized carbons (Fsp3) is 0.643. The van der Waals surface area contributed by atoms with E-state index in [9.17, 15) is 8.78 Å². The summed E-state index contributed by atoms with van der Waals surface area (Å²) in [6.07, 6.45) is 4.51. The summed E-state index contributed by atoms with van der Waals surface area (Å²) >= 11 is 0. The van der Waals surface area contributed by atoms with Crippen LogP contribution in [0.25, 0.3) is 0 Å². The highest BCUT2D eigenvalue weighted by atomic mass is 19.1. The lowest BCUT2D eigenvalue weighted by atomic mass is 9.86. The molecule has 106 valence electrons. The summed E-state index contributed by atoms with van der Waals surface area (Å²) in [4.78, 5) is 3.77. The topological polar surface area (TPSA) is 34.2 Å². The zero-order chi connectivity index (χ0) is 13.9. The molecule has 1 aromatic rings. The molecule has 0 amide bonds. The molecule has 1 unspecified atom stereocenters. The van der Waals surface area contributed by atoms with Crippen LogP contribution in [0.15, 0.2) is 12.3 Å². The SMILES string of the molecule is CCC1(CC)CC(Nc2ncc(F)cc2F)CCO1. The summed E-state index contributed by atoms with van der Waals surface area (Å²) in [5.74, 6) is -1.19. The largest absolute Gasteiger partial charge is 0.375 e. The number of ether oxygens (including phenoxy) is 1. The predicted molar refractivity (Wildman–Crippen MR) is 70.1 cm³/mol. The first-order chi connectivity index (χ1) is 9.08. The maximum atomic E-state index is 13.6. The third-order valence-electron chi connectivity index (χ3n) is 3.93. The molecule has 3 nitrogen and oxygen atoms in total. The number of rotatable bonds is 4. The Bertz CT molecular complexity index is 435. The number of nitrogens with one attached hydrogen (secondary N) is 1. The Balaban J connectivity index is 2.06. The smallest absolute Gasteiger partial charge is 0.168 e. The minimum atomic E-state index is -0.661. The van der Waals surface area contributed by atoms with Gasteiger partial charge in [-0.05, 0) is 25.7 Å². The monoisotopic (exact) mass is 270 g/mol. The number of hydrogen-bond acceptors (Lipinski definition) is 3. The first kappa shape index (κ1) is 14.2. The van der Waals surface area contributed by atoms with Crippen LogP contribution in [0.3, 0.4) is 0 Å². The second-order valence-corrected chi connectivity index (χ2v) is 5.06. The number of pyridine rings is 1. The average molecular weight is 270 g/mol. The third kappa shape index (κ3) is 3.21. The van der Waals surface area contributed by atoms with E-state index in [1.54, 1.807) is 0 Å². The first-order valence-corrected chi connectivity index (χ1v) is 6.80. The molecule has 1 aromatic heterocycles.